The fourth-order valence-electron chi connectivity index (χ4n) is 1.88. The Kier molecular flexibility index (Phi) is 7.17. The molecule has 20 heavy (non-hydrogen) atoms. The summed E-state index contributed by atoms with van der Waals surface area (Å²) < 4.78 is 0. The quantitative estimate of drug-likeness (QED) is 0.333. The van der Waals surface area contributed by atoms with Gasteiger partial charge in [0.1, 0.15) is 0 Å². The van der Waals surface area contributed by atoms with Crippen molar-refractivity contribution in [2.45, 2.75) is 39.0 Å². The highest BCUT2D eigenvalue weighted by atomic mass is 16.2. The van der Waals surface area contributed by atoms with Gasteiger partial charge in [-0.2, -0.15) is 0 Å². The molecule has 5 heteroatoms. The Morgan fingerprint density at radius 1 is 1.30 bits per heavy atom. The summed E-state index contributed by atoms with van der Waals surface area (Å²) >= 11 is 0. The minimum absolute atomic E-state index is 0.223. The van der Waals surface area contributed by atoms with Crippen molar-refractivity contribution >= 4 is 23.1 Å². The van der Waals surface area contributed by atoms with E-state index in [1.165, 1.54) is 0 Å². The fraction of sp³-hybridized carbons (Fsp3) is 0.467. The third kappa shape index (κ3) is 6.78. The molecule has 0 saturated heterocycles. The maximum Gasteiger partial charge on any atom is 0.319 e. The lowest BCUT2D eigenvalue weighted by Gasteiger charge is -2.08. The zero-order chi connectivity index (χ0) is 14.8. The van der Waals surface area contributed by atoms with Crippen LogP contribution in [0.25, 0.3) is 0 Å². The molecule has 5 N–H and O–H groups in total. The van der Waals surface area contributed by atoms with Crippen LogP contribution in [-0.4, -0.2) is 18.3 Å². The summed E-state index contributed by atoms with van der Waals surface area (Å²) in [5.74, 6) is 0. The monoisotopic (exact) mass is 276 g/mol. The maximum absolute atomic E-state index is 11.6. The molecule has 0 bridgehead atoms. The van der Waals surface area contributed by atoms with Gasteiger partial charge in [0, 0.05) is 23.6 Å². The summed E-state index contributed by atoms with van der Waals surface area (Å²) in [6.45, 7) is 2.70. The van der Waals surface area contributed by atoms with E-state index < -0.39 is 0 Å². The first-order chi connectivity index (χ1) is 9.61. The van der Waals surface area contributed by atoms with Gasteiger partial charge in [-0.15, -0.1) is 0 Å². The van der Waals surface area contributed by atoms with Crippen LogP contribution < -0.4 is 16.4 Å². The molecule has 5 nitrogen and oxygen atoms in total. The van der Waals surface area contributed by atoms with E-state index in [4.69, 9.17) is 11.1 Å². The van der Waals surface area contributed by atoms with Crippen LogP contribution >= 0.6 is 0 Å². The molecule has 0 aliphatic rings. The van der Waals surface area contributed by atoms with Gasteiger partial charge in [0.2, 0.25) is 0 Å². The second-order valence-corrected chi connectivity index (χ2v) is 4.82. The van der Waals surface area contributed by atoms with Crippen LogP contribution in [0.1, 0.15) is 39.0 Å². The Morgan fingerprint density at radius 2 is 2.10 bits per heavy atom. The Labute approximate surface area is 120 Å². The van der Waals surface area contributed by atoms with Crippen molar-refractivity contribution in [3.8, 4) is 0 Å². The molecule has 1 aromatic carbocycles. The smallest absolute Gasteiger partial charge is 0.319 e. The molecule has 0 aromatic heterocycles. The molecule has 0 heterocycles. The molecule has 0 aliphatic heterocycles. The van der Waals surface area contributed by atoms with Gasteiger partial charge in [-0.1, -0.05) is 19.4 Å². The fourth-order valence-corrected chi connectivity index (χ4v) is 1.88. The number of rotatable bonds is 8. The van der Waals surface area contributed by atoms with Crippen LogP contribution in [0.2, 0.25) is 0 Å². The third-order valence-corrected chi connectivity index (χ3v) is 2.89. The molecule has 0 spiro atoms. The minimum Gasteiger partial charge on any atom is -0.399 e. The number of carbonyl (C=O) groups is 1. The number of unbranched alkanes of at least 4 members (excludes halogenated alkanes) is 1. The van der Waals surface area contributed by atoms with Gasteiger partial charge in [-0.25, -0.2) is 4.79 Å². The number of nitrogen functional groups attached to an aromatic ring is 1. The van der Waals surface area contributed by atoms with Gasteiger partial charge < -0.3 is 21.8 Å². The van der Waals surface area contributed by atoms with Crippen molar-refractivity contribution in [1.82, 2.24) is 5.32 Å². The number of benzene rings is 1. The van der Waals surface area contributed by atoms with E-state index in [9.17, 15) is 4.79 Å². The molecule has 110 valence electrons. The van der Waals surface area contributed by atoms with E-state index in [0.717, 1.165) is 37.8 Å². The number of carbonyl (C=O) groups excluding carboxylic acids is 1. The number of anilines is 2. The van der Waals surface area contributed by atoms with Crippen molar-refractivity contribution in [3.05, 3.63) is 24.3 Å². The van der Waals surface area contributed by atoms with Crippen LogP contribution in [0.4, 0.5) is 16.2 Å². The van der Waals surface area contributed by atoms with Crippen LogP contribution in [-0.2, 0) is 0 Å². The van der Waals surface area contributed by atoms with Crippen LogP contribution in [0.5, 0.6) is 0 Å². The first-order valence-corrected chi connectivity index (χ1v) is 7.08. The Bertz CT molecular complexity index is 445. The van der Waals surface area contributed by atoms with Crippen molar-refractivity contribution in [2.24, 2.45) is 0 Å². The largest absolute Gasteiger partial charge is 0.399 e. The first kappa shape index (κ1) is 16.0. The number of hydrogen-bond donors (Lipinski definition) is 4. The summed E-state index contributed by atoms with van der Waals surface area (Å²) in [7, 11) is 0. The first-order valence-electron chi connectivity index (χ1n) is 7.08. The van der Waals surface area contributed by atoms with E-state index in [0.29, 0.717) is 17.9 Å². The maximum atomic E-state index is 11.6. The highest BCUT2D eigenvalue weighted by Gasteiger charge is 2.01. The molecule has 0 fully saturated rings. The molecule has 0 saturated carbocycles. The second kappa shape index (κ2) is 8.96. The molecule has 2 amide bonds. The highest BCUT2D eigenvalue weighted by molar-refractivity contribution is 5.89. The zero-order valence-electron chi connectivity index (χ0n) is 12.0. The summed E-state index contributed by atoms with van der Waals surface area (Å²) in [6.07, 6.45) is 4.56. The van der Waals surface area contributed by atoms with E-state index in [2.05, 4.69) is 17.6 Å². The lowest BCUT2D eigenvalue weighted by Crippen LogP contribution is -2.29. The Hall–Kier alpha value is -2.04. The van der Waals surface area contributed by atoms with Gasteiger partial charge in [0.25, 0.3) is 0 Å². The van der Waals surface area contributed by atoms with E-state index in [1.807, 2.05) is 0 Å². The molecular weight excluding hydrogens is 252 g/mol. The molecular formula is C15H24N4O. The van der Waals surface area contributed by atoms with E-state index >= 15 is 0 Å². The molecule has 0 unspecified atom stereocenters. The van der Waals surface area contributed by atoms with Crippen molar-refractivity contribution < 1.29 is 4.79 Å². The van der Waals surface area contributed by atoms with Crippen molar-refractivity contribution in [2.75, 3.05) is 17.6 Å². The average Bonchev–Trinajstić information content (AvgIpc) is 2.38. The predicted octanol–water partition coefficient (Wildman–Crippen LogP) is 3.38. The van der Waals surface area contributed by atoms with Crippen molar-refractivity contribution in [3.63, 3.8) is 0 Å². The van der Waals surface area contributed by atoms with Gasteiger partial charge in [-0.3, -0.25) is 0 Å². The molecule has 1 aromatic rings. The average molecular weight is 276 g/mol. The Morgan fingerprint density at radius 3 is 2.80 bits per heavy atom. The van der Waals surface area contributed by atoms with Gasteiger partial charge >= 0.3 is 6.03 Å². The lowest BCUT2D eigenvalue weighted by atomic mass is 10.1. The van der Waals surface area contributed by atoms with Crippen LogP contribution in [0.15, 0.2) is 24.3 Å². The number of urea groups is 1. The van der Waals surface area contributed by atoms with Gasteiger partial charge in [-0.05, 0) is 43.9 Å². The summed E-state index contributed by atoms with van der Waals surface area (Å²) in [4.78, 5) is 11.6. The van der Waals surface area contributed by atoms with Crippen molar-refractivity contribution in [1.29, 1.82) is 5.41 Å². The van der Waals surface area contributed by atoms with Gasteiger partial charge in [0.05, 0.1) is 0 Å². The highest BCUT2D eigenvalue weighted by Crippen LogP contribution is 2.11. The number of amides is 2. The topological polar surface area (TPSA) is 91.0 Å². The summed E-state index contributed by atoms with van der Waals surface area (Å²) in [5, 5.41) is 13.2. The zero-order valence-corrected chi connectivity index (χ0v) is 12.0. The molecule has 0 atom stereocenters. The third-order valence-electron chi connectivity index (χ3n) is 2.89. The SMILES string of the molecule is CCCC(=N)CCCCNC(=O)Nc1cccc(N)c1. The van der Waals surface area contributed by atoms with E-state index in [-0.39, 0.29) is 6.03 Å². The van der Waals surface area contributed by atoms with Crippen LogP contribution in [0.3, 0.4) is 0 Å². The number of nitrogens with one attached hydrogen (secondary N) is 3. The standard InChI is InChI=1S/C15H24N4O/c1-2-6-12(16)7-3-4-10-18-15(20)19-14-9-5-8-13(17)11-14/h5,8-9,11,16H,2-4,6-7,10,17H2,1H3,(H2,18,19,20). The Balaban J connectivity index is 2.13. The van der Waals surface area contributed by atoms with Crippen LogP contribution in [0, 0.1) is 5.41 Å². The normalized spacial score (nSPS) is 10.1. The molecule has 0 radical (unpaired) electrons. The predicted molar refractivity (Wildman–Crippen MR) is 84.4 cm³/mol. The number of nitrogens with two attached hydrogens (primary N) is 1. The molecule has 1 rings (SSSR count). The summed E-state index contributed by atoms with van der Waals surface area (Å²) in [5.41, 5.74) is 7.75. The van der Waals surface area contributed by atoms with E-state index in [1.54, 1.807) is 24.3 Å². The minimum atomic E-state index is -0.223. The molecule has 0 aliphatic carbocycles. The second-order valence-electron chi connectivity index (χ2n) is 4.82. The van der Waals surface area contributed by atoms with Gasteiger partial charge in [0.15, 0.2) is 0 Å². The summed E-state index contributed by atoms with van der Waals surface area (Å²) in [6, 6.07) is 6.85. The number of hydrogen-bond acceptors (Lipinski definition) is 3. The lowest BCUT2D eigenvalue weighted by molar-refractivity contribution is 0.252.